The van der Waals surface area contributed by atoms with Gasteiger partial charge in [0.25, 0.3) is 11.0 Å². The Morgan fingerprint density at radius 3 is 2.17 bits per heavy atom. The number of phenols is 2. The third-order valence-corrected chi connectivity index (χ3v) is 3.04. The van der Waals surface area contributed by atoms with Crippen LogP contribution in [0.4, 0.5) is 11.4 Å². The van der Waals surface area contributed by atoms with E-state index in [0.717, 1.165) is 16.5 Å². The average molecular weight is 333 g/mol. The van der Waals surface area contributed by atoms with Gasteiger partial charge in [-0.25, -0.2) is 8.42 Å². The van der Waals surface area contributed by atoms with Crippen LogP contribution in [0.5, 0.6) is 11.5 Å². The van der Waals surface area contributed by atoms with Crippen LogP contribution in [-0.2, 0) is 11.0 Å². The highest BCUT2D eigenvalue weighted by molar-refractivity contribution is 7.66. The lowest BCUT2D eigenvalue weighted by Gasteiger charge is -2.09. The lowest BCUT2D eigenvalue weighted by molar-refractivity contribution is 0.477. The number of thiol groups is 1. The molecule has 0 atom stereocenters. The summed E-state index contributed by atoms with van der Waals surface area (Å²) in [7, 11) is -3.12. The Hall–Kier alpha value is -2.77. The quantitative estimate of drug-likeness (QED) is 0.280. The summed E-state index contributed by atoms with van der Waals surface area (Å²) in [6, 6.07) is 18.1. The molecule has 120 valence electrons. The molecule has 3 rings (SSSR count). The zero-order valence-electron chi connectivity index (χ0n) is 11.9. The van der Waals surface area contributed by atoms with E-state index < -0.39 is 11.0 Å². The molecule has 0 bridgehead atoms. The van der Waals surface area contributed by atoms with Gasteiger partial charge in [-0.1, -0.05) is 24.3 Å². The van der Waals surface area contributed by atoms with Crippen molar-refractivity contribution in [2.45, 2.75) is 0 Å². The Labute approximate surface area is 134 Å². The number of anilines is 2. The molecule has 3 aromatic carbocycles. The van der Waals surface area contributed by atoms with Crippen molar-refractivity contribution in [1.29, 1.82) is 0 Å². The second kappa shape index (κ2) is 7.48. The number of para-hydroxylation sites is 2. The first-order valence-corrected chi connectivity index (χ1v) is 7.70. The standard InChI is InChI=1S/C16H13NO2.H2O3S/c18-15-7-3-4-11-10-12(8-9-13(11)15)17-14-5-1-2-6-16(14)19;1-4(2)3/h1-10,17-19H;4H,(H,1,2,3). The van der Waals surface area contributed by atoms with Gasteiger partial charge in [-0.05, 0) is 41.8 Å². The summed E-state index contributed by atoms with van der Waals surface area (Å²) in [5, 5.41) is 24.4. The van der Waals surface area contributed by atoms with Gasteiger partial charge in [-0.2, -0.15) is 0 Å². The van der Waals surface area contributed by atoms with Gasteiger partial charge in [-0.15, -0.1) is 0 Å². The summed E-state index contributed by atoms with van der Waals surface area (Å²) in [6.45, 7) is 0. The van der Waals surface area contributed by atoms with Crippen molar-refractivity contribution in [1.82, 2.24) is 0 Å². The lowest BCUT2D eigenvalue weighted by atomic mass is 10.1. The Bertz CT molecular complexity index is 885. The molecule has 0 amide bonds. The molecule has 0 spiro atoms. The maximum atomic E-state index is 9.74. The van der Waals surface area contributed by atoms with Crippen molar-refractivity contribution in [2.24, 2.45) is 0 Å². The van der Waals surface area contributed by atoms with E-state index >= 15 is 0 Å². The third-order valence-electron chi connectivity index (χ3n) is 3.04. The van der Waals surface area contributed by atoms with Crippen LogP contribution in [0.3, 0.4) is 0 Å². The smallest absolute Gasteiger partial charge is 0.254 e. The molecule has 3 aromatic rings. The largest absolute Gasteiger partial charge is 0.507 e. The Morgan fingerprint density at radius 2 is 1.48 bits per heavy atom. The molecule has 0 saturated heterocycles. The van der Waals surface area contributed by atoms with Crippen LogP contribution in [0.1, 0.15) is 0 Å². The van der Waals surface area contributed by atoms with Crippen molar-refractivity contribution in [3.8, 4) is 11.5 Å². The summed E-state index contributed by atoms with van der Waals surface area (Å²) in [6.07, 6.45) is 0. The van der Waals surface area contributed by atoms with Gasteiger partial charge in [0.2, 0.25) is 0 Å². The zero-order valence-corrected chi connectivity index (χ0v) is 12.8. The highest BCUT2D eigenvalue weighted by atomic mass is 32.2. The normalized spacial score (nSPS) is 10.2. The monoisotopic (exact) mass is 333 g/mol. The van der Waals surface area contributed by atoms with Gasteiger partial charge >= 0.3 is 0 Å². The summed E-state index contributed by atoms with van der Waals surface area (Å²) in [4.78, 5) is 0. The Balaban J connectivity index is 0.000000433. The molecule has 0 aromatic heterocycles. The molecular weight excluding hydrogens is 318 g/mol. The summed E-state index contributed by atoms with van der Waals surface area (Å²) in [5.74, 6) is 0.477. The van der Waals surface area contributed by atoms with E-state index in [1.54, 1.807) is 24.3 Å². The van der Waals surface area contributed by atoms with E-state index in [9.17, 15) is 10.2 Å². The van der Waals surface area contributed by atoms with Crippen molar-refractivity contribution in [2.75, 3.05) is 5.32 Å². The van der Waals surface area contributed by atoms with Crippen LogP contribution in [0.15, 0.2) is 60.7 Å². The summed E-state index contributed by atoms with van der Waals surface area (Å²) >= 11 is 0. The minimum absolute atomic E-state index is 0.207. The molecule has 0 aliphatic rings. The first-order chi connectivity index (χ1) is 11.0. The fourth-order valence-corrected chi connectivity index (χ4v) is 2.08. The number of rotatable bonds is 2. The number of hydrogen-bond donors (Lipinski definition) is 5. The van der Waals surface area contributed by atoms with Crippen molar-refractivity contribution < 1.29 is 23.2 Å². The van der Waals surface area contributed by atoms with E-state index in [1.807, 2.05) is 36.4 Å². The van der Waals surface area contributed by atoms with Crippen molar-refractivity contribution in [3.63, 3.8) is 0 Å². The van der Waals surface area contributed by atoms with Gasteiger partial charge in [-0.3, -0.25) is 4.55 Å². The van der Waals surface area contributed by atoms with E-state index in [1.165, 1.54) is 0 Å². The van der Waals surface area contributed by atoms with Gasteiger partial charge in [0.15, 0.2) is 0 Å². The number of phenolic OH excluding ortho intramolecular Hbond substituents is 2. The van der Waals surface area contributed by atoms with Crippen molar-refractivity contribution in [3.05, 3.63) is 60.7 Å². The van der Waals surface area contributed by atoms with Crippen LogP contribution in [0.2, 0.25) is 0 Å². The molecule has 0 fully saturated rings. The van der Waals surface area contributed by atoms with Gasteiger partial charge in [0.1, 0.15) is 11.5 Å². The Kier molecular flexibility index (Phi) is 5.40. The molecule has 0 aliphatic heterocycles. The van der Waals surface area contributed by atoms with Crippen LogP contribution >= 0.6 is 0 Å². The van der Waals surface area contributed by atoms with Crippen LogP contribution < -0.4 is 5.32 Å². The molecular formula is C16H15NO5S. The predicted octanol–water partition coefficient (Wildman–Crippen LogP) is 3.07. The van der Waals surface area contributed by atoms with E-state index in [0.29, 0.717) is 5.69 Å². The fraction of sp³-hybridized carbons (Fsp3) is 0. The molecule has 23 heavy (non-hydrogen) atoms. The minimum atomic E-state index is -3.12. The summed E-state index contributed by atoms with van der Waals surface area (Å²) in [5.41, 5.74) is 1.52. The van der Waals surface area contributed by atoms with E-state index in [-0.39, 0.29) is 11.5 Å². The lowest BCUT2D eigenvalue weighted by Crippen LogP contribution is -1.90. The van der Waals surface area contributed by atoms with Gasteiger partial charge < -0.3 is 15.5 Å². The molecule has 0 unspecified atom stereocenters. The van der Waals surface area contributed by atoms with Crippen LogP contribution in [-0.4, -0.2) is 23.2 Å². The molecule has 6 nitrogen and oxygen atoms in total. The number of nitrogens with one attached hydrogen (secondary N) is 1. The first kappa shape index (κ1) is 16.6. The van der Waals surface area contributed by atoms with Crippen molar-refractivity contribution >= 4 is 33.1 Å². The molecule has 0 heterocycles. The second-order valence-corrected chi connectivity index (χ2v) is 5.07. The van der Waals surface area contributed by atoms with Crippen LogP contribution in [0.25, 0.3) is 10.8 Å². The highest BCUT2D eigenvalue weighted by Crippen LogP contribution is 2.30. The second-order valence-electron chi connectivity index (χ2n) is 4.59. The molecule has 7 heteroatoms. The number of aromatic hydroxyl groups is 2. The topological polar surface area (TPSA) is 107 Å². The maximum absolute atomic E-state index is 9.74. The molecule has 4 N–H and O–H groups in total. The van der Waals surface area contributed by atoms with Gasteiger partial charge in [0.05, 0.1) is 5.69 Å². The fourth-order valence-electron chi connectivity index (χ4n) is 2.08. The Morgan fingerprint density at radius 1 is 0.826 bits per heavy atom. The molecule has 0 aliphatic carbocycles. The van der Waals surface area contributed by atoms with Crippen LogP contribution in [0, 0.1) is 0 Å². The number of hydrogen-bond acceptors (Lipinski definition) is 5. The zero-order chi connectivity index (χ0) is 16.8. The predicted molar refractivity (Wildman–Crippen MR) is 89.9 cm³/mol. The first-order valence-electron chi connectivity index (χ1n) is 6.57. The molecule has 0 radical (unpaired) electrons. The average Bonchev–Trinajstić information content (AvgIpc) is 2.49. The van der Waals surface area contributed by atoms with E-state index in [4.69, 9.17) is 13.0 Å². The third kappa shape index (κ3) is 4.60. The summed E-state index contributed by atoms with van der Waals surface area (Å²) < 4.78 is 24.2. The highest BCUT2D eigenvalue weighted by Gasteiger charge is 2.03. The van der Waals surface area contributed by atoms with E-state index in [2.05, 4.69) is 5.32 Å². The SMILES string of the molecule is O=[SH](=O)O.Oc1ccccc1Nc1ccc2c(O)cccc2c1. The van der Waals surface area contributed by atoms with Gasteiger partial charge in [0, 0.05) is 11.1 Å². The number of fused-ring (bicyclic) bond motifs is 1. The number of benzene rings is 3. The minimum Gasteiger partial charge on any atom is -0.507 e. The maximum Gasteiger partial charge on any atom is 0.254 e. The molecule has 0 saturated carbocycles.